The van der Waals surface area contributed by atoms with E-state index in [-0.39, 0.29) is 17.8 Å². The maximum Gasteiger partial charge on any atom is 0.254 e. The Bertz CT molecular complexity index is 1100. The molecule has 4 rings (SSSR count). The summed E-state index contributed by atoms with van der Waals surface area (Å²) in [5, 5.41) is 3.29. The molecule has 2 unspecified atom stereocenters. The monoisotopic (exact) mass is 432 g/mol. The van der Waals surface area contributed by atoms with Crippen LogP contribution in [0, 0.1) is 25.6 Å². The van der Waals surface area contributed by atoms with Gasteiger partial charge in [-0.1, -0.05) is 24.6 Å². The fourth-order valence-electron chi connectivity index (χ4n) is 4.46. The van der Waals surface area contributed by atoms with Crippen LogP contribution in [0.15, 0.2) is 54.9 Å². The van der Waals surface area contributed by atoms with Crippen LogP contribution in [-0.4, -0.2) is 39.9 Å². The first-order chi connectivity index (χ1) is 15.4. The number of piperidine rings is 1. The summed E-state index contributed by atoms with van der Waals surface area (Å²) in [6.45, 7) is 7.44. The number of carbonyl (C=O) groups excluding carboxylic acids is 1. The van der Waals surface area contributed by atoms with Crippen LogP contribution in [0.3, 0.4) is 0 Å². The van der Waals surface area contributed by atoms with E-state index in [1.807, 2.05) is 49.1 Å². The molecule has 5 nitrogen and oxygen atoms in total. The molecule has 2 atom stereocenters. The van der Waals surface area contributed by atoms with Gasteiger partial charge in [0.1, 0.15) is 11.6 Å². The van der Waals surface area contributed by atoms with E-state index >= 15 is 0 Å². The molecular weight excluding hydrogens is 403 g/mol. The molecule has 1 aliphatic heterocycles. The Balaban J connectivity index is 1.63. The van der Waals surface area contributed by atoms with Crippen molar-refractivity contribution in [2.24, 2.45) is 5.92 Å². The van der Waals surface area contributed by atoms with E-state index in [1.54, 1.807) is 12.3 Å². The molecule has 32 heavy (non-hydrogen) atoms. The molecule has 0 saturated carbocycles. The highest BCUT2D eigenvalue weighted by atomic mass is 19.1. The summed E-state index contributed by atoms with van der Waals surface area (Å²) in [6, 6.07) is 13.1. The minimum atomic E-state index is -0.364. The highest BCUT2D eigenvalue weighted by molar-refractivity contribution is 6.01. The van der Waals surface area contributed by atoms with Crippen LogP contribution in [0.2, 0.25) is 0 Å². The molecule has 1 saturated heterocycles. The SMILES string of the molecule is Cc1ccc(-c2ccnc(C)c2)c(C(=O)N2CCCC(C)C2CNc2ccc(F)cn2)c1. The maximum atomic E-state index is 13.9. The lowest BCUT2D eigenvalue weighted by atomic mass is 9.89. The topological polar surface area (TPSA) is 58.1 Å². The van der Waals surface area contributed by atoms with Crippen molar-refractivity contribution in [1.29, 1.82) is 0 Å². The number of pyridine rings is 2. The van der Waals surface area contributed by atoms with Gasteiger partial charge in [-0.15, -0.1) is 0 Å². The minimum Gasteiger partial charge on any atom is -0.368 e. The molecule has 2 aromatic heterocycles. The van der Waals surface area contributed by atoms with Crippen LogP contribution < -0.4 is 5.32 Å². The third-order valence-corrected chi connectivity index (χ3v) is 6.21. The highest BCUT2D eigenvalue weighted by Crippen LogP contribution is 2.30. The van der Waals surface area contributed by atoms with Crippen molar-refractivity contribution >= 4 is 11.7 Å². The Morgan fingerprint density at radius 3 is 2.75 bits per heavy atom. The number of anilines is 1. The zero-order chi connectivity index (χ0) is 22.7. The number of likely N-dealkylation sites (tertiary alicyclic amines) is 1. The lowest BCUT2D eigenvalue weighted by molar-refractivity contribution is 0.0540. The third kappa shape index (κ3) is 4.79. The Kier molecular flexibility index (Phi) is 6.49. The summed E-state index contributed by atoms with van der Waals surface area (Å²) < 4.78 is 13.2. The summed E-state index contributed by atoms with van der Waals surface area (Å²) in [4.78, 5) is 24.2. The number of hydrogen-bond donors (Lipinski definition) is 1. The Morgan fingerprint density at radius 2 is 2.00 bits per heavy atom. The molecule has 0 spiro atoms. The quantitative estimate of drug-likeness (QED) is 0.598. The average Bonchev–Trinajstić information content (AvgIpc) is 2.78. The van der Waals surface area contributed by atoms with E-state index in [0.29, 0.717) is 18.3 Å². The average molecular weight is 433 g/mol. The molecule has 0 aliphatic carbocycles. The van der Waals surface area contributed by atoms with Crippen molar-refractivity contribution in [2.75, 3.05) is 18.4 Å². The number of halogens is 1. The van der Waals surface area contributed by atoms with Crippen LogP contribution in [0.1, 0.15) is 41.4 Å². The van der Waals surface area contributed by atoms with E-state index in [9.17, 15) is 9.18 Å². The first-order valence-corrected chi connectivity index (χ1v) is 11.1. The lowest BCUT2D eigenvalue weighted by Crippen LogP contribution is -2.51. The largest absolute Gasteiger partial charge is 0.368 e. The second-order valence-electron chi connectivity index (χ2n) is 8.66. The zero-order valence-corrected chi connectivity index (χ0v) is 18.8. The first kappa shape index (κ1) is 21.9. The van der Waals surface area contributed by atoms with E-state index in [4.69, 9.17) is 0 Å². The molecule has 0 radical (unpaired) electrons. The smallest absolute Gasteiger partial charge is 0.254 e. The van der Waals surface area contributed by atoms with Crippen LogP contribution in [0.4, 0.5) is 10.2 Å². The Morgan fingerprint density at radius 1 is 1.16 bits per heavy atom. The van der Waals surface area contributed by atoms with Gasteiger partial charge < -0.3 is 10.2 Å². The molecule has 1 N–H and O–H groups in total. The molecule has 1 aliphatic rings. The van der Waals surface area contributed by atoms with Gasteiger partial charge >= 0.3 is 0 Å². The summed E-state index contributed by atoms with van der Waals surface area (Å²) in [7, 11) is 0. The fourth-order valence-corrected chi connectivity index (χ4v) is 4.46. The molecule has 3 aromatic rings. The number of rotatable bonds is 5. The van der Waals surface area contributed by atoms with E-state index in [2.05, 4.69) is 22.2 Å². The van der Waals surface area contributed by atoms with Crippen LogP contribution in [-0.2, 0) is 0 Å². The highest BCUT2D eigenvalue weighted by Gasteiger charge is 2.33. The van der Waals surface area contributed by atoms with Crippen LogP contribution in [0.5, 0.6) is 0 Å². The second kappa shape index (κ2) is 9.47. The molecule has 166 valence electrons. The van der Waals surface area contributed by atoms with Crippen molar-refractivity contribution in [3.05, 3.63) is 77.5 Å². The Hall–Kier alpha value is -3.28. The zero-order valence-electron chi connectivity index (χ0n) is 18.8. The summed E-state index contributed by atoms with van der Waals surface area (Å²) in [5.74, 6) is 0.637. The predicted octanol–water partition coefficient (Wildman–Crippen LogP) is 5.25. The van der Waals surface area contributed by atoms with E-state index < -0.39 is 0 Å². The number of benzene rings is 1. The third-order valence-electron chi connectivity index (χ3n) is 6.21. The van der Waals surface area contributed by atoms with Crippen molar-refractivity contribution in [2.45, 2.75) is 39.7 Å². The van der Waals surface area contributed by atoms with E-state index in [1.165, 1.54) is 12.3 Å². The fraction of sp³-hybridized carbons (Fsp3) is 0.346. The van der Waals surface area contributed by atoms with Gasteiger partial charge in [0.15, 0.2) is 0 Å². The van der Waals surface area contributed by atoms with Crippen molar-refractivity contribution in [3.63, 3.8) is 0 Å². The van der Waals surface area contributed by atoms with Gasteiger partial charge in [0, 0.05) is 30.5 Å². The normalized spacial score (nSPS) is 18.4. The molecule has 0 bridgehead atoms. The van der Waals surface area contributed by atoms with Gasteiger partial charge in [0.05, 0.1) is 12.2 Å². The number of nitrogens with zero attached hydrogens (tertiary/aromatic N) is 3. The second-order valence-corrected chi connectivity index (χ2v) is 8.66. The maximum absolute atomic E-state index is 13.9. The number of aryl methyl sites for hydroxylation is 2. The van der Waals surface area contributed by atoms with Crippen LogP contribution >= 0.6 is 0 Å². The van der Waals surface area contributed by atoms with Gasteiger partial charge in [0.25, 0.3) is 5.91 Å². The number of carbonyl (C=O) groups is 1. The molecule has 6 heteroatoms. The van der Waals surface area contributed by atoms with Gasteiger partial charge in [-0.05, 0) is 74.1 Å². The number of aromatic nitrogens is 2. The molecule has 3 heterocycles. The van der Waals surface area contributed by atoms with Gasteiger partial charge in [-0.2, -0.15) is 0 Å². The molecule has 1 amide bonds. The van der Waals surface area contributed by atoms with Gasteiger partial charge in [-0.25, -0.2) is 9.37 Å². The lowest BCUT2D eigenvalue weighted by Gasteiger charge is -2.40. The molecule has 1 fully saturated rings. The van der Waals surface area contributed by atoms with Crippen molar-refractivity contribution < 1.29 is 9.18 Å². The summed E-state index contributed by atoms with van der Waals surface area (Å²) in [6.07, 6.45) is 5.03. The molecule has 1 aromatic carbocycles. The summed E-state index contributed by atoms with van der Waals surface area (Å²) in [5.41, 5.74) is 4.61. The van der Waals surface area contributed by atoms with Crippen LogP contribution in [0.25, 0.3) is 11.1 Å². The number of hydrogen-bond acceptors (Lipinski definition) is 4. The first-order valence-electron chi connectivity index (χ1n) is 11.1. The van der Waals surface area contributed by atoms with Crippen molar-refractivity contribution in [3.8, 4) is 11.1 Å². The van der Waals surface area contributed by atoms with Gasteiger partial charge in [-0.3, -0.25) is 9.78 Å². The predicted molar refractivity (Wildman–Crippen MR) is 125 cm³/mol. The molecular formula is C26H29FN4O. The Labute approximate surface area is 188 Å². The standard InChI is InChI=1S/C26H29FN4O/c1-17-6-8-22(20-10-11-28-19(3)14-20)23(13-17)26(32)31-12-4-5-18(2)24(31)16-30-25-9-7-21(27)15-29-25/h6-11,13-15,18,24H,4-5,12,16H2,1-3H3,(H,29,30). The van der Waals surface area contributed by atoms with Crippen molar-refractivity contribution in [1.82, 2.24) is 14.9 Å². The van der Waals surface area contributed by atoms with E-state index in [0.717, 1.165) is 47.3 Å². The number of nitrogens with one attached hydrogen (secondary N) is 1. The summed E-state index contributed by atoms with van der Waals surface area (Å²) >= 11 is 0. The van der Waals surface area contributed by atoms with Gasteiger partial charge in [0.2, 0.25) is 0 Å². The number of amides is 1. The minimum absolute atomic E-state index is 0.0237.